The SMILES string of the molecule is N#Cc1cccnc1N1CCN(CCCCc2c[nH]c3ccc(Br)cc23)CC1. The van der Waals surface area contributed by atoms with Crippen molar-refractivity contribution in [2.45, 2.75) is 19.3 Å². The molecule has 28 heavy (non-hydrogen) atoms. The fourth-order valence-corrected chi connectivity index (χ4v) is 4.29. The molecule has 3 heterocycles. The highest BCUT2D eigenvalue weighted by atomic mass is 79.9. The maximum absolute atomic E-state index is 9.27. The number of nitriles is 1. The van der Waals surface area contributed by atoms with Gasteiger partial charge in [0.1, 0.15) is 11.9 Å². The molecule has 1 aliphatic heterocycles. The number of aromatic amines is 1. The van der Waals surface area contributed by atoms with E-state index in [1.54, 1.807) is 6.20 Å². The highest BCUT2D eigenvalue weighted by Crippen LogP contribution is 2.24. The van der Waals surface area contributed by atoms with Crippen LogP contribution in [0, 0.1) is 11.3 Å². The molecule has 6 heteroatoms. The highest BCUT2D eigenvalue weighted by Gasteiger charge is 2.19. The maximum atomic E-state index is 9.27. The van der Waals surface area contributed by atoms with Gasteiger partial charge in [-0.05, 0) is 61.7 Å². The summed E-state index contributed by atoms with van der Waals surface area (Å²) >= 11 is 3.57. The predicted octanol–water partition coefficient (Wildman–Crippen LogP) is 4.34. The van der Waals surface area contributed by atoms with E-state index in [0.29, 0.717) is 5.56 Å². The average molecular weight is 438 g/mol. The molecule has 1 aromatic carbocycles. The largest absolute Gasteiger partial charge is 0.361 e. The Bertz CT molecular complexity index is 982. The monoisotopic (exact) mass is 437 g/mol. The van der Waals surface area contributed by atoms with Gasteiger partial charge in [-0.1, -0.05) is 15.9 Å². The van der Waals surface area contributed by atoms with Gasteiger partial charge in [0.25, 0.3) is 0 Å². The molecule has 1 N–H and O–H groups in total. The van der Waals surface area contributed by atoms with E-state index in [-0.39, 0.29) is 0 Å². The number of H-pyrrole nitrogens is 1. The van der Waals surface area contributed by atoms with Gasteiger partial charge in [0.2, 0.25) is 0 Å². The van der Waals surface area contributed by atoms with Gasteiger partial charge in [0, 0.05) is 53.9 Å². The number of pyridine rings is 1. The van der Waals surface area contributed by atoms with E-state index < -0.39 is 0 Å². The Morgan fingerprint density at radius 1 is 1.14 bits per heavy atom. The summed E-state index contributed by atoms with van der Waals surface area (Å²) in [6.45, 7) is 5.06. The minimum Gasteiger partial charge on any atom is -0.361 e. The molecule has 0 aliphatic carbocycles. The smallest absolute Gasteiger partial charge is 0.146 e. The van der Waals surface area contributed by atoms with Crippen LogP contribution >= 0.6 is 15.9 Å². The van der Waals surface area contributed by atoms with Crippen LogP contribution < -0.4 is 4.90 Å². The quantitative estimate of drug-likeness (QED) is 0.582. The maximum Gasteiger partial charge on any atom is 0.146 e. The summed E-state index contributed by atoms with van der Waals surface area (Å²) in [4.78, 5) is 12.5. The number of hydrogen-bond donors (Lipinski definition) is 1. The number of aromatic nitrogens is 2. The number of halogens is 1. The van der Waals surface area contributed by atoms with Crippen LogP contribution in [0.4, 0.5) is 5.82 Å². The van der Waals surface area contributed by atoms with Crippen LogP contribution in [0.2, 0.25) is 0 Å². The van der Waals surface area contributed by atoms with Crippen molar-refractivity contribution < 1.29 is 0 Å². The third kappa shape index (κ3) is 4.21. The minimum atomic E-state index is 0.668. The summed E-state index contributed by atoms with van der Waals surface area (Å²) in [7, 11) is 0. The van der Waals surface area contributed by atoms with Gasteiger partial charge in [-0.15, -0.1) is 0 Å². The van der Waals surface area contributed by atoms with Crippen molar-refractivity contribution in [2.24, 2.45) is 0 Å². The molecule has 4 rings (SSSR count). The molecule has 0 radical (unpaired) electrons. The number of anilines is 1. The van der Waals surface area contributed by atoms with Gasteiger partial charge >= 0.3 is 0 Å². The zero-order valence-electron chi connectivity index (χ0n) is 15.9. The number of hydrogen-bond acceptors (Lipinski definition) is 4. The standard InChI is InChI=1S/C22H24BrN5/c23-19-6-7-21-20(14-19)18(16-26-21)4-1-2-9-27-10-12-28(13-11-27)22-17(15-24)5-3-8-25-22/h3,5-8,14,16,26H,1-2,4,9-13H2. The molecular weight excluding hydrogens is 414 g/mol. The molecule has 1 saturated heterocycles. The molecule has 1 aliphatic rings. The van der Waals surface area contributed by atoms with Gasteiger partial charge < -0.3 is 9.88 Å². The van der Waals surface area contributed by atoms with Crippen molar-refractivity contribution in [2.75, 3.05) is 37.6 Å². The lowest BCUT2D eigenvalue weighted by atomic mass is 10.1. The van der Waals surface area contributed by atoms with Crippen molar-refractivity contribution in [3.05, 3.63) is 58.3 Å². The second kappa shape index (κ2) is 8.76. The van der Waals surface area contributed by atoms with Crippen LogP contribution in [0.5, 0.6) is 0 Å². The van der Waals surface area contributed by atoms with Crippen molar-refractivity contribution in [3.63, 3.8) is 0 Å². The van der Waals surface area contributed by atoms with E-state index in [0.717, 1.165) is 49.4 Å². The second-order valence-electron chi connectivity index (χ2n) is 7.28. The topological polar surface area (TPSA) is 59.0 Å². The number of unbranched alkanes of at least 4 members (excludes halogenated alkanes) is 1. The second-order valence-corrected chi connectivity index (χ2v) is 8.19. The zero-order chi connectivity index (χ0) is 19.3. The van der Waals surface area contributed by atoms with E-state index in [1.165, 1.54) is 29.3 Å². The lowest BCUT2D eigenvalue weighted by Gasteiger charge is -2.35. The van der Waals surface area contributed by atoms with E-state index >= 15 is 0 Å². The molecule has 1 fully saturated rings. The predicted molar refractivity (Wildman–Crippen MR) is 117 cm³/mol. The van der Waals surface area contributed by atoms with Crippen LogP contribution in [0.25, 0.3) is 10.9 Å². The Hall–Kier alpha value is -2.36. The zero-order valence-corrected chi connectivity index (χ0v) is 17.5. The lowest BCUT2D eigenvalue weighted by molar-refractivity contribution is 0.252. The van der Waals surface area contributed by atoms with Crippen molar-refractivity contribution in [3.8, 4) is 6.07 Å². The number of benzene rings is 1. The van der Waals surface area contributed by atoms with Gasteiger partial charge in [-0.2, -0.15) is 5.26 Å². The summed E-state index contributed by atoms with van der Waals surface area (Å²) in [5.74, 6) is 0.829. The summed E-state index contributed by atoms with van der Waals surface area (Å²) in [6.07, 6.45) is 7.42. The summed E-state index contributed by atoms with van der Waals surface area (Å²) < 4.78 is 1.13. The molecule has 0 unspecified atom stereocenters. The number of nitrogens with zero attached hydrogens (tertiary/aromatic N) is 4. The Morgan fingerprint density at radius 3 is 2.82 bits per heavy atom. The van der Waals surface area contributed by atoms with Gasteiger partial charge in [-0.25, -0.2) is 4.98 Å². The molecule has 2 aromatic heterocycles. The number of piperazine rings is 1. The molecule has 0 saturated carbocycles. The first kappa shape index (κ1) is 19.0. The molecular formula is C22H24BrN5. The molecule has 0 bridgehead atoms. The third-order valence-electron chi connectivity index (χ3n) is 5.48. The van der Waals surface area contributed by atoms with Crippen LogP contribution in [-0.2, 0) is 6.42 Å². The van der Waals surface area contributed by atoms with Crippen molar-refractivity contribution in [1.82, 2.24) is 14.9 Å². The summed E-state index contributed by atoms with van der Waals surface area (Å²) in [6, 6.07) is 12.3. The van der Waals surface area contributed by atoms with Crippen LogP contribution in [0.15, 0.2) is 47.2 Å². The van der Waals surface area contributed by atoms with Gasteiger partial charge in [0.15, 0.2) is 0 Å². The van der Waals surface area contributed by atoms with Gasteiger partial charge in [0.05, 0.1) is 5.56 Å². The van der Waals surface area contributed by atoms with Crippen LogP contribution in [-0.4, -0.2) is 47.6 Å². The number of aryl methyl sites for hydroxylation is 1. The first-order valence-corrected chi connectivity index (χ1v) is 10.6. The average Bonchev–Trinajstić information content (AvgIpc) is 3.13. The number of rotatable bonds is 6. The Balaban J connectivity index is 1.24. The molecule has 0 spiro atoms. The molecule has 3 aromatic rings. The first-order valence-electron chi connectivity index (χ1n) is 9.82. The van der Waals surface area contributed by atoms with E-state index in [4.69, 9.17) is 0 Å². The Labute approximate surface area is 174 Å². The number of fused-ring (bicyclic) bond motifs is 1. The Morgan fingerprint density at radius 2 is 2.00 bits per heavy atom. The van der Waals surface area contributed by atoms with Gasteiger partial charge in [-0.3, -0.25) is 4.90 Å². The van der Waals surface area contributed by atoms with E-state index in [1.807, 2.05) is 12.1 Å². The van der Waals surface area contributed by atoms with Crippen LogP contribution in [0.1, 0.15) is 24.0 Å². The fraction of sp³-hybridized carbons (Fsp3) is 0.364. The molecule has 0 atom stereocenters. The summed E-state index contributed by atoms with van der Waals surface area (Å²) in [5, 5.41) is 10.6. The normalized spacial score (nSPS) is 15.1. The minimum absolute atomic E-state index is 0.668. The van der Waals surface area contributed by atoms with E-state index in [9.17, 15) is 5.26 Å². The first-order chi connectivity index (χ1) is 13.7. The molecule has 5 nitrogen and oxygen atoms in total. The summed E-state index contributed by atoms with van der Waals surface area (Å²) in [5.41, 5.74) is 3.28. The Kier molecular flexibility index (Phi) is 5.94. The highest BCUT2D eigenvalue weighted by molar-refractivity contribution is 9.10. The number of nitrogens with one attached hydrogen (secondary N) is 1. The molecule has 144 valence electrons. The van der Waals surface area contributed by atoms with Crippen LogP contribution in [0.3, 0.4) is 0 Å². The lowest BCUT2D eigenvalue weighted by Crippen LogP contribution is -2.47. The van der Waals surface area contributed by atoms with Crippen molar-refractivity contribution in [1.29, 1.82) is 5.26 Å². The third-order valence-corrected chi connectivity index (χ3v) is 5.97. The molecule has 0 amide bonds. The van der Waals surface area contributed by atoms with Crippen molar-refractivity contribution >= 4 is 32.7 Å². The fourth-order valence-electron chi connectivity index (χ4n) is 3.93. The van der Waals surface area contributed by atoms with E-state index in [2.05, 4.69) is 66.2 Å².